The van der Waals surface area contributed by atoms with Crippen LogP contribution in [0, 0.1) is 0 Å². The Bertz CT molecular complexity index is 893. The molecule has 2 aromatic heterocycles. The standard InChI is InChI=1S/C18H19N5OS2/c1-13(17(24)22-9-8-14-5-2-3-6-15(14)11-22)26-18-19-20-21-23(18)12-16-7-4-10-25-16/h2-7,10,13H,8-9,11-12H2,1H3/t13-/m0/s1. The fraction of sp³-hybridized carbons (Fsp3) is 0.333. The molecule has 0 radical (unpaired) electrons. The van der Waals surface area contributed by atoms with Crippen molar-refractivity contribution >= 4 is 29.0 Å². The second-order valence-corrected chi connectivity index (χ2v) is 8.58. The maximum absolute atomic E-state index is 12.9. The summed E-state index contributed by atoms with van der Waals surface area (Å²) in [5, 5.41) is 14.4. The second-order valence-electron chi connectivity index (χ2n) is 6.24. The van der Waals surface area contributed by atoms with Gasteiger partial charge in [0.25, 0.3) is 0 Å². The minimum absolute atomic E-state index is 0.134. The third-order valence-corrected chi connectivity index (χ3v) is 6.38. The highest BCUT2D eigenvalue weighted by molar-refractivity contribution is 8.00. The zero-order valence-corrected chi connectivity index (χ0v) is 16.0. The summed E-state index contributed by atoms with van der Waals surface area (Å²) in [6.07, 6.45) is 0.912. The number of aromatic nitrogens is 4. The van der Waals surface area contributed by atoms with Crippen molar-refractivity contribution in [3.8, 4) is 0 Å². The summed E-state index contributed by atoms with van der Waals surface area (Å²) >= 11 is 3.09. The van der Waals surface area contributed by atoms with Gasteiger partial charge < -0.3 is 4.90 Å². The molecule has 0 unspecified atom stereocenters. The molecule has 6 nitrogen and oxygen atoms in total. The van der Waals surface area contributed by atoms with Crippen LogP contribution in [0.2, 0.25) is 0 Å². The van der Waals surface area contributed by atoms with Gasteiger partial charge in [0.05, 0.1) is 11.8 Å². The van der Waals surface area contributed by atoms with E-state index in [9.17, 15) is 4.79 Å². The number of hydrogen-bond acceptors (Lipinski definition) is 6. The van der Waals surface area contributed by atoms with Crippen molar-refractivity contribution in [2.75, 3.05) is 6.54 Å². The molecule has 0 saturated carbocycles. The van der Waals surface area contributed by atoms with Crippen LogP contribution in [0.5, 0.6) is 0 Å². The summed E-state index contributed by atoms with van der Waals surface area (Å²) in [4.78, 5) is 16.0. The number of rotatable bonds is 5. The van der Waals surface area contributed by atoms with Gasteiger partial charge in [-0.05, 0) is 46.3 Å². The lowest BCUT2D eigenvalue weighted by molar-refractivity contribution is -0.131. The molecule has 1 atom stereocenters. The van der Waals surface area contributed by atoms with E-state index in [2.05, 4.69) is 39.8 Å². The summed E-state index contributed by atoms with van der Waals surface area (Å²) in [5.41, 5.74) is 2.59. The number of amides is 1. The molecule has 3 heterocycles. The molecular formula is C18H19N5OS2. The molecule has 0 aliphatic carbocycles. The predicted molar refractivity (Wildman–Crippen MR) is 102 cm³/mol. The van der Waals surface area contributed by atoms with Crippen LogP contribution in [0.1, 0.15) is 22.9 Å². The van der Waals surface area contributed by atoms with E-state index in [4.69, 9.17) is 0 Å². The zero-order chi connectivity index (χ0) is 17.9. The number of carbonyl (C=O) groups excluding carboxylic acids is 1. The van der Waals surface area contributed by atoms with Gasteiger partial charge in [-0.15, -0.1) is 16.4 Å². The van der Waals surface area contributed by atoms with Gasteiger partial charge in [0, 0.05) is 18.0 Å². The molecule has 8 heteroatoms. The fourth-order valence-corrected chi connectivity index (χ4v) is 4.64. The van der Waals surface area contributed by atoms with E-state index >= 15 is 0 Å². The average molecular weight is 386 g/mol. The van der Waals surface area contributed by atoms with E-state index in [1.165, 1.54) is 27.8 Å². The average Bonchev–Trinajstić information content (AvgIpc) is 3.33. The third kappa shape index (κ3) is 3.66. The second kappa shape index (κ2) is 7.59. The monoisotopic (exact) mass is 385 g/mol. The van der Waals surface area contributed by atoms with Crippen LogP contribution >= 0.6 is 23.1 Å². The quantitative estimate of drug-likeness (QED) is 0.632. The molecule has 4 rings (SSSR count). The lowest BCUT2D eigenvalue weighted by Crippen LogP contribution is -2.40. The summed E-state index contributed by atoms with van der Waals surface area (Å²) in [5.74, 6) is 0.134. The molecule has 1 amide bonds. The summed E-state index contributed by atoms with van der Waals surface area (Å²) < 4.78 is 1.76. The molecule has 0 bridgehead atoms. The van der Waals surface area contributed by atoms with Crippen molar-refractivity contribution in [3.63, 3.8) is 0 Å². The molecule has 3 aromatic rings. The van der Waals surface area contributed by atoms with Crippen LogP contribution in [0.3, 0.4) is 0 Å². The minimum Gasteiger partial charge on any atom is -0.337 e. The molecule has 0 saturated heterocycles. The van der Waals surface area contributed by atoms with Crippen molar-refractivity contribution < 1.29 is 4.79 Å². The molecule has 1 aliphatic heterocycles. The Morgan fingerprint density at radius 2 is 2.12 bits per heavy atom. The van der Waals surface area contributed by atoms with Crippen molar-refractivity contribution in [2.24, 2.45) is 0 Å². The Hall–Kier alpha value is -2.19. The number of benzene rings is 1. The fourth-order valence-electron chi connectivity index (χ4n) is 3.08. The molecule has 1 aliphatic rings. The first-order valence-corrected chi connectivity index (χ1v) is 10.3. The highest BCUT2D eigenvalue weighted by atomic mass is 32.2. The van der Waals surface area contributed by atoms with Crippen LogP contribution in [0.25, 0.3) is 0 Å². The largest absolute Gasteiger partial charge is 0.337 e. The van der Waals surface area contributed by atoms with Crippen LogP contribution in [-0.4, -0.2) is 42.8 Å². The predicted octanol–water partition coefficient (Wildman–Crippen LogP) is 2.85. The molecule has 0 N–H and O–H groups in total. The van der Waals surface area contributed by atoms with Crippen molar-refractivity contribution in [1.29, 1.82) is 0 Å². The number of carbonyl (C=O) groups is 1. The maximum atomic E-state index is 12.9. The van der Waals surface area contributed by atoms with Gasteiger partial charge in [0.1, 0.15) is 0 Å². The highest BCUT2D eigenvalue weighted by Crippen LogP contribution is 2.26. The molecule has 1 aromatic carbocycles. The van der Waals surface area contributed by atoms with Crippen LogP contribution in [-0.2, 0) is 24.3 Å². The normalized spacial score (nSPS) is 14.9. The van der Waals surface area contributed by atoms with E-state index in [0.717, 1.165) is 13.0 Å². The first-order chi connectivity index (χ1) is 12.7. The summed E-state index contributed by atoms with van der Waals surface area (Å²) in [6.45, 7) is 4.00. The smallest absolute Gasteiger partial charge is 0.236 e. The van der Waals surface area contributed by atoms with E-state index in [1.54, 1.807) is 16.0 Å². The van der Waals surface area contributed by atoms with Crippen molar-refractivity contribution in [1.82, 2.24) is 25.1 Å². The van der Waals surface area contributed by atoms with E-state index in [-0.39, 0.29) is 11.2 Å². The molecular weight excluding hydrogens is 366 g/mol. The number of nitrogens with zero attached hydrogens (tertiary/aromatic N) is 5. The van der Waals surface area contributed by atoms with Gasteiger partial charge in [-0.2, -0.15) is 0 Å². The van der Waals surface area contributed by atoms with Gasteiger partial charge in [0.15, 0.2) is 0 Å². The van der Waals surface area contributed by atoms with Crippen molar-refractivity contribution in [3.05, 3.63) is 57.8 Å². The van der Waals surface area contributed by atoms with E-state index < -0.39 is 0 Å². The molecule has 0 fully saturated rings. The number of thiophene rings is 1. The SMILES string of the molecule is C[C@H](Sc1nnnn1Cc1cccs1)C(=O)N1CCc2ccccc2C1. The zero-order valence-electron chi connectivity index (χ0n) is 14.4. The van der Waals surface area contributed by atoms with Gasteiger partial charge in [-0.3, -0.25) is 4.79 Å². The Labute approximate surface area is 160 Å². The Kier molecular flexibility index (Phi) is 5.03. The van der Waals surface area contributed by atoms with Crippen LogP contribution in [0.15, 0.2) is 46.9 Å². The van der Waals surface area contributed by atoms with E-state index in [1.807, 2.05) is 29.3 Å². The van der Waals surface area contributed by atoms with Gasteiger partial charge >= 0.3 is 0 Å². The van der Waals surface area contributed by atoms with Gasteiger partial charge in [-0.1, -0.05) is 42.1 Å². The van der Waals surface area contributed by atoms with E-state index in [0.29, 0.717) is 18.2 Å². The van der Waals surface area contributed by atoms with Gasteiger partial charge in [0.2, 0.25) is 11.1 Å². The molecule has 134 valence electrons. The van der Waals surface area contributed by atoms with Crippen molar-refractivity contribution in [2.45, 2.75) is 36.8 Å². The minimum atomic E-state index is -0.228. The Morgan fingerprint density at radius 1 is 1.27 bits per heavy atom. The Balaban J connectivity index is 1.42. The first-order valence-electron chi connectivity index (χ1n) is 8.51. The molecule has 0 spiro atoms. The first kappa shape index (κ1) is 17.2. The number of hydrogen-bond donors (Lipinski definition) is 0. The lowest BCUT2D eigenvalue weighted by Gasteiger charge is -2.30. The summed E-state index contributed by atoms with van der Waals surface area (Å²) in [7, 11) is 0. The van der Waals surface area contributed by atoms with Crippen LogP contribution in [0.4, 0.5) is 0 Å². The Morgan fingerprint density at radius 3 is 2.92 bits per heavy atom. The summed E-state index contributed by atoms with van der Waals surface area (Å²) in [6, 6.07) is 12.4. The number of tetrazole rings is 1. The topological polar surface area (TPSA) is 63.9 Å². The number of thioether (sulfide) groups is 1. The molecule has 26 heavy (non-hydrogen) atoms. The highest BCUT2D eigenvalue weighted by Gasteiger charge is 2.26. The number of fused-ring (bicyclic) bond motifs is 1. The van der Waals surface area contributed by atoms with Crippen LogP contribution < -0.4 is 0 Å². The maximum Gasteiger partial charge on any atom is 0.236 e. The van der Waals surface area contributed by atoms with Gasteiger partial charge in [-0.25, -0.2) is 4.68 Å². The lowest BCUT2D eigenvalue weighted by atomic mass is 10.00. The third-order valence-electron chi connectivity index (χ3n) is 4.46.